The zero-order chi connectivity index (χ0) is 15.8. The quantitative estimate of drug-likeness (QED) is 0.745. The number of aromatic nitrogens is 3. The summed E-state index contributed by atoms with van der Waals surface area (Å²) >= 11 is 1.51. The third kappa shape index (κ3) is 2.60. The first-order valence-corrected chi connectivity index (χ1v) is 8.56. The number of rotatable bonds is 3. The molecule has 2 N–H and O–H groups in total. The molecule has 1 aliphatic rings. The van der Waals surface area contributed by atoms with E-state index in [1.54, 1.807) is 0 Å². The van der Waals surface area contributed by atoms with Gasteiger partial charge in [0.15, 0.2) is 6.04 Å². The van der Waals surface area contributed by atoms with Gasteiger partial charge in [0, 0.05) is 5.56 Å². The van der Waals surface area contributed by atoms with Crippen LogP contribution in [0.4, 0.5) is 0 Å². The summed E-state index contributed by atoms with van der Waals surface area (Å²) in [6, 6.07) is 8.62. The molecule has 6 nitrogen and oxygen atoms in total. The van der Waals surface area contributed by atoms with Gasteiger partial charge >= 0.3 is 0 Å². The topological polar surface area (TPSA) is 64.1 Å². The molecule has 23 heavy (non-hydrogen) atoms. The molecule has 0 unspecified atom stereocenters. The van der Waals surface area contributed by atoms with Crippen LogP contribution in [0.25, 0.3) is 4.96 Å². The van der Waals surface area contributed by atoms with Gasteiger partial charge in [-0.2, -0.15) is 9.61 Å². The van der Waals surface area contributed by atoms with E-state index >= 15 is 0 Å². The minimum absolute atomic E-state index is 0.0769. The van der Waals surface area contributed by atoms with Crippen LogP contribution in [-0.2, 0) is 4.74 Å². The Balaban J connectivity index is 1.81. The lowest BCUT2D eigenvalue weighted by molar-refractivity contribution is -0.932. The Morgan fingerprint density at radius 3 is 2.70 bits per heavy atom. The van der Waals surface area contributed by atoms with Crippen molar-refractivity contribution in [3.8, 4) is 5.88 Å². The lowest BCUT2D eigenvalue weighted by Crippen LogP contribution is -3.14. The number of nitrogens with one attached hydrogen (secondary N) is 1. The monoisotopic (exact) mass is 331 g/mol. The van der Waals surface area contributed by atoms with E-state index in [4.69, 9.17) is 4.74 Å². The van der Waals surface area contributed by atoms with Gasteiger partial charge in [0.05, 0.1) is 13.2 Å². The Morgan fingerprint density at radius 2 is 2.00 bits per heavy atom. The lowest BCUT2D eigenvalue weighted by Gasteiger charge is -2.31. The Bertz CT molecular complexity index is 805. The molecular weight excluding hydrogens is 312 g/mol. The van der Waals surface area contributed by atoms with E-state index in [9.17, 15) is 5.11 Å². The van der Waals surface area contributed by atoms with Crippen LogP contribution in [-0.4, -0.2) is 46.0 Å². The molecule has 2 aromatic heterocycles. The second kappa shape index (κ2) is 5.92. The average molecular weight is 331 g/mol. The molecule has 1 saturated heterocycles. The number of morpholine rings is 1. The van der Waals surface area contributed by atoms with Crippen LogP contribution in [0.3, 0.4) is 0 Å². The zero-order valence-electron chi connectivity index (χ0n) is 12.9. The molecular formula is C16H19N4O2S+. The number of nitrogens with zero attached hydrogens (tertiary/aromatic N) is 3. The number of aromatic hydroxyl groups is 1. The summed E-state index contributed by atoms with van der Waals surface area (Å²) in [5.74, 6) is 0.201. The zero-order valence-corrected chi connectivity index (χ0v) is 13.7. The van der Waals surface area contributed by atoms with Crippen LogP contribution in [0, 0.1) is 6.92 Å². The van der Waals surface area contributed by atoms with Gasteiger partial charge in [-0.15, -0.1) is 0 Å². The molecule has 0 saturated carbocycles. The van der Waals surface area contributed by atoms with Crippen molar-refractivity contribution >= 4 is 16.3 Å². The van der Waals surface area contributed by atoms with Gasteiger partial charge in [-0.25, -0.2) is 4.98 Å². The van der Waals surface area contributed by atoms with Gasteiger partial charge in [0.1, 0.15) is 24.3 Å². The van der Waals surface area contributed by atoms with E-state index < -0.39 is 0 Å². The number of hydrogen-bond acceptors (Lipinski definition) is 5. The molecule has 0 spiro atoms. The summed E-state index contributed by atoms with van der Waals surface area (Å²) in [4.78, 5) is 7.26. The van der Waals surface area contributed by atoms with Crippen molar-refractivity contribution in [3.05, 3.63) is 46.6 Å². The number of benzene rings is 1. The van der Waals surface area contributed by atoms with Gasteiger partial charge in [-0.1, -0.05) is 41.2 Å². The first kappa shape index (κ1) is 14.6. The maximum atomic E-state index is 10.6. The van der Waals surface area contributed by atoms with E-state index in [0.29, 0.717) is 0 Å². The molecule has 1 fully saturated rings. The summed E-state index contributed by atoms with van der Waals surface area (Å²) in [6.45, 7) is 5.43. The highest BCUT2D eigenvalue weighted by Gasteiger charge is 2.33. The Hall–Kier alpha value is -1.96. The number of fused-ring (bicyclic) bond motifs is 1. The fourth-order valence-electron chi connectivity index (χ4n) is 3.14. The van der Waals surface area contributed by atoms with Gasteiger partial charge in [-0.05, 0) is 6.92 Å². The van der Waals surface area contributed by atoms with E-state index in [0.717, 1.165) is 36.1 Å². The summed E-state index contributed by atoms with van der Waals surface area (Å²) in [7, 11) is 0. The van der Waals surface area contributed by atoms with Crippen molar-refractivity contribution in [2.24, 2.45) is 0 Å². The normalized spacial score (nSPS) is 17.6. The number of hydrogen-bond donors (Lipinski definition) is 2. The highest BCUT2D eigenvalue weighted by atomic mass is 32.1. The molecule has 0 bridgehead atoms. The van der Waals surface area contributed by atoms with E-state index in [1.165, 1.54) is 38.2 Å². The molecule has 0 aliphatic carbocycles. The molecule has 1 atom stereocenters. The highest BCUT2D eigenvalue weighted by molar-refractivity contribution is 7.17. The third-order valence-electron chi connectivity index (χ3n) is 4.35. The minimum atomic E-state index is 0.0769. The second-order valence-corrected chi connectivity index (χ2v) is 6.87. The largest absolute Gasteiger partial charge is 0.492 e. The predicted molar refractivity (Wildman–Crippen MR) is 87.1 cm³/mol. The SMILES string of the molecule is Cc1ccc([C@H](c2sc3ncnn3c2O)[NH+]2CCOCC2)cc1. The van der Waals surface area contributed by atoms with Crippen LogP contribution in [0.15, 0.2) is 30.6 Å². The Kier molecular flexibility index (Phi) is 3.76. The summed E-state index contributed by atoms with van der Waals surface area (Å²) in [5, 5.41) is 14.7. The van der Waals surface area contributed by atoms with Gasteiger partial charge in [-0.3, -0.25) is 0 Å². The molecule has 3 heterocycles. The van der Waals surface area contributed by atoms with E-state index in [-0.39, 0.29) is 11.9 Å². The molecule has 1 aliphatic heterocycles. The minimum Gasteiger partial charge on any atom is -0.492 e. The van der Waals surface area contributed by atoms with Gasteiger partial charge < -0.3 is 14.7 Å². The number of aryl methyl sites for hydroxylation is 1. The molecule has 3 aromatic rings. The number of ether oxygens (including phenoxy) is 1. The molecule has 7 heteroatoms. The standard InChI is InChI=1S/C16H18N4O2S/c1-11-2-4-12(5-3-11)13(19-6-8-22-9-7-19)14-15(21)20-16(23-14)17-10-18-20/h2-5,10,13,21H,6-9H2,1H3/p+1/t13-/m1/s1. The third-order valence-corrected chi connectivity index (χ3v) is 5.45. The fourth-order valence-corrected chi connectivity index (χ4v) is 4.25. The number of thiazole rings is 1. The summed E-state index contributed by atoms with van der Waals surface area (Å²) in [6.07, 6.45) is 1.47. The van der Waals surface area contributed by atoms with E-state index in [1.807, 2.05) is 0 Å². The van der Waals surface area contributed by atoms with Crippen molar-refractivity contribution in [1.29, 1.82) is 0 Å². The molecule has 0 amide bonds. The van der Waals surface area contributed by atoms with E-state index in [2.05, 4.69) is 41.3 Å². The van der Waals surface area contributed by atoms with Crippen molar-refractivity contribution in [2.45, 2.75) is 13.0 Å². The lowest BCUT2D eigenvalue weighted by atomic mass is 10.0. The smallest absolute Gasteiger partial charge is 0.235 e. The van der Waals surface area contributed by atoms with Crippen LogP contribution in [0.5, 0.6) is 5.88 Å². The molecule has 120 valence electrons. The number of quaternary nitrogens is 1. The van der Waals surface area contributed by atoms with Gasteiger partial charge in [0.2, 0.25) is 10.8 Å². The summed E-state index contributed by atoms with van der Waals surface area (Å²) < 4.78 is 7.02. The Labute approximate surface area is 138 Å². The van der Waals surface area contributed by atoms with Crippen LogP contribution in [0.1, 0.15) is 22.0 Å². The predicted octanol–water partition coefficient (Wildman–Crippen LogP) is 0.809. The molecule has 0 radical (unpaired) electrons. The van der Waals surface area contributed by atoms with Crippen LogP contribution >= 0.6 is 11.3 Å². The Morgan fingerprint density at radius 1 is 1.26 bits per heavy atom. The first-order chi connectivity index (χ1) is 11.2. The fraction of sp³-hybridized carbons (Fsp3) is 0.375. The maximum Gasteiger partial charge on any atom is 0.235 e. The summed E-state index contributed by atoms with van der Waals surface area (Å²) in [5.41, 5.74) is 2.43. The first-order valence-electron chi connectivity index (χ1n) is 7.74. The second-order valence-electron chi connectivity index (χ2n) is 5.86. The molecule has 4 rings (SSSR count). The highest BCUT2D eigenvalue weighted by Crippen LogP contribution is 2.34. The molecule has 1 aromatic carbocycles. The van der Waals surface area contributed by atoms with Crippen molar-refractivity contribution < 1.29 is 14.7 Å². The van der Waals surface area contributed by atoms with Crippen molar-refractivity contribution in [1.82, 2.24) is 14.6 Å². The van der Waals surface area contributed by atoms with Crippen molar-refractivity contribution in [3.63, 3.8) is 0 Å². The van der Waals surface area contributed by atoms with Gasteiger partial charge in [0.25, 0.3) is 0 Å². The van der Waals surface area contributed by atoms with Crippen LogP contribution < -0.4 is 4.90 Å². The van der Waals surface area contributed by atoms with Crippen LogP contribution in [0.2, 0.25) is 0 Å². The average Bonchev–Trinajstić information content (AvgIpc) is 3.15. The van der Waals surface area contributed by atoms with Crippen molar-refractivity contribution in [2.75, 3.05) is 26.3 Å². The maximum absolute atomic E-state index is 10.6.